The van der Waals surface area contributed by atoms with Crippen LogP contribution < -0.4 is 0 Å². The number of aromatic nitrogens is 4. The van der Waals surface area contributed by atoms with Gasteiger partial charge >= 0.3 is 5.97 Å². The Labute approximate surface area is 165 Å². The molecule has 0 fully saturated rings. The SMILES string of the molecule is Cc1nn2cccnc2c1C(=O)OCC(=O)c1cn(CCC#N)c2ccccc12. The molecule has 0 amide bonds. The zero-order valence-corrected chi connectivity index (χ0v) is 15.7. The van der Waals surface area contributed by atoms with Crippen LogP contribution in [0, 0.1) is 18.3 Å². The van der Waals surface area contributed by atoms with Crippen LogP contribution in [0.4, 0.5) is 0 Å². The minimum Gasteiger partial charge on any atom is -0.454 e. The second kappa shape index (κ2) is 7.56. The number of para-hydroxylation sites is 1. The number of carbonyl (C=O) groups excluding carboxylic acids is 2. The Bertz CT molecular complexity index is 1280. The Morgan fingerprint density at radius 1 is 1.24 bits per heavy atom. The summed E-state index contributed by atoms with van der Waals surface area (Å²) in [6, 6.07) is 11.3. The molecule has 1 aromatic carbocycles. The number of benzene rings is 1. The Hall–Kier alpha value is -3.99. The molecule has 8 heteroatoms. The van der Waals surface area contributed by atoms with Crippen molar-refractivity contribution in [2.24, 2.45) is 0 Å². The van der Waals surface area contributed by atoms with Crippen molar-refractivity contribution in [2.45, 2.75) is 19.9 Å². The number of ether oxygens (including phenoxy) is 1. The maximum atomic E-state index is 12.8. The van der Waals surface area contributed by atoms with Gasteiger partial charge in [0.15, 0.2) is 12.3 Å². The quantitative estimate of drug-likeness (QED) is 0.372. The van der Waals surface area contributed by atoms with Gasteiger partial charge in [0.2, 0.25) is 5.78 Å². The molecule has 29 heavy (non-hydrogen) atoms. The van der Waals surface area contributed by atoms with Gasteiger partial charge in [-0.15, -0.1) is 0 Å². The van der Waals surface area contributed by atoms with Gasteiger partial charge in [0.05, 0.1) is 18.2 Å². The van der Waals surface area contributed by atoms with Gasteiger partial charge in [0.1, 0.15) is 5.56 Å². The second-order valence-corrected chi connectivity index (χ2v) is 6.51. The Kier molecular flexibility index (Phi) is 4.79. The van der Waals surface area contributed by atoms with Crippen molar-refractivity contribution in [1.29, 1.82) is 5.26 Å². The van der Waals surface area contributed by atoms with Crippen molar-refractivity contribution in [2.75, 3.05) is 6.61 Å². The average molecular weight is 387 g/mol. The zero-order valence-electron chi connectivity index (χ0n) is 15.7. The van der Waals surface area contributed by atoms with Gasteiger partial charge < -0.3 is 9.30 Å². The summed E-state index contributed by atoms with van der Waals surface area (Å²) >= 11 is 0. The number of rotatable bonds is 6. The molecule has 0 radical (unpaired) electrons. The number of Topliss-reactive ketones (excluding diaryl/α,β-unsaturated/α-hetero) is 1. The van der Waals surface area contributed by atoms with Crippen LogP contribution in [0.5, 0.6) is 0 Å². The lowest BCUT2D eigenvalue weighted by atomic mass is 10.1. The third-order valence-corrected chi connectivity index (χ3v) is 4.66. The van der Waals surface area contributed by atoms with Crippen LogP contribution >= 0.6 is 0 Å². The first-order valence-corrected chi connectivity index (χ1v) is 9.05. The topological polar surface area (TPSA) is 102 Å². The molecule has 144 valence electrons. The van der Waals surface area contributed by atoms with Crippen LogP contribution in [0.3, 0.4) is 0 Å². The number of fused-ring (bicyclic) bond motifs is 2. The van der Waals surface area contributed by atoms with Crippen LogP contribution in [-0.2, 0) is 11.3 Å². The molecule has 0 aliphatic carbocycles. The Balaban J connectivity index is 1.56. The largest absolute Gasteiger partial charge is 0.454 e. The number of hydrogen-bond acceptors (Lipinski definition) is 6. The fraction of sp³-hybridized carbons (Fsp3) is 0.190. The van der Waals surface area contributed by atoms with E-state index in [1.165, 1.54) is 4.52 Å². The van der Waals surface area contributed by atoms with E-state index in [9.17, 15) is 9.59 Å². The maximum absolute atomic E-state index is 12.8. The number of aryl methyl sites for hydroxylation is 2. The monoisotopic (exact) mass is 387 g/mol. The third kappa shape index (κ3) is 3.34. The van der Waals surface area contributed by atoms with Crippen molar-refractivity contribution < 1.29 is 14.3 Å². The molecular weight excluding hydrogens is 370 g/mol. The molecule has 0 N–H and O–H groups in total. The predicted octanol–water partition coefficient (Wildman–Crippen LogP) is 2.95. The highest BCUT2D eigenvalue weighted by molar-refractivity contribution is 6.09. The van der Waals surface area contributed by atoms with Gasteiger partial charge in [0, 0.05) is 41.6 Å². The molecule has 0 bridgehead atoms. The summed E-state index contributed by atoms with van der Waals surface area (Å²) in [4.78, 5) is 29.5. The summed E-state index contributed by atoms with van der Waals surface area (Å²) in [5.74, 6) is -0.954. The van der Waals surface area contributed by atoms with E-state index in [1.54, 1.807) is 31.6 Å². The van der Waals surface area contributed by atoms with Gasteiger partial charge in [-0.1, -0.05) is 18.2 Å². The molecule has 0 unspecified atom stereocenters. The lowest BCUT2D eigenvalue weighted by Crippen LogP contribution is -2.15. The number of nitrogens with zero attached hydrogens (tertiary/aromatic N) is 5. The minimum atomic E-state index is -0.641. The van der Waals surface area contributed by atoms with Gasteiger partial charge in [-0.05, 0) is 19.1 Å². The third-order valence-electron chi connectivity index (χ3n) is 4.66. The van der Waals surface area contributed by atoms with Crippen molar-refractivity contribution in [3.05, 3.63) is 65.7 Å². The summed E-state index contributed by atoms with van der Waals surface area (Å²) in [5.41, 5.74) is 2.43. The maximum Gasteiger partial charge on any atom is 0.344 e. The summed E-state index contributed by atoms with van der Waals surface area (Å²) in [7, 11) is 0. The first kappa shape index (κ1) is 18.4. The molecule has 0 saturated carbocycles. The first-order chi connectivity index (χ1) is 14.1. The second-order valence-electron chi connectivity index (χ2n) is 6.51. The van der Waals surface area contributed by atoms with Gasteiger partial charge in [-0.3, -0.25) is 4.79 Å². The first-order valence-electron chi connectivity index (χ1n) is 9.05. The standard InChI is InChI=1S/C21H17N5O3/c1-14-19(20-23-9-5-11-26(20)24-14)21(28)29-13-18(27)16-12-25(10-4-8-22)17-7-3-2-6-15(16)17/h2-3,5-7,9,11-12H,4,10,13H2,1H3. The normalized spacial score (nSPS) is 10.9. The average Bonchev–Trinajstić information content (AvgIpc) is 3.27. The predicted molar refractivity (Wildman–Crippen MR) is 105 cm³/mol. The number of carbonyl (C=O) groups is 2. The number of nitriles is 1. The number of ketones is 1. The highest BCUT2D eigenvalue weighted by Crippen LogP contribution is 2.22. The number of esters is 1. The molecule has 3 aromatic heterocycles. The van der Waals surface area contributed by atoms with Crippen molar-refractivity contribution in [3.63, 3.8) is 0 Å². The molecule has 3 heterocycles. The Morgan fingerprint density at radius 3 is 2.90 bits per heavy atom. The van der Waals surface area contributed by atoms with E-state index in [2.05, 4.69) is 16.2 Å². The van der Waals surface area contributed by atoms with E-state index in [4.69, 9.17) is 10.00 Å². The lowest BCUT2D eigenvalue weighted by Gasteiger charge is -2.03. The van der Waals surface area contributed by atoms with Crippen LogP contribution in [0.15, 0.2) is 48.9 Å². The molecule has 0 spiro atoms. The van der Waals surface area contributed by atoms with E-state index in [0.29, 0.717) is 29.9 Å². The smallest absolute Gasteiger partial charge is 0.344 e. The fourth-order valence-electron chi connectivity index (χ4n) is 3.34. The zero-order chi connectivity index (χ0) is 20.4. The minimum absolute atomic E-state index is 0.245. The van der Waals surface area contributed by atoms with Gasteiger partial charge in [-0.2, -0.15) is 10.4 Å². The van der Waals surface area contributed by atoms with E-state index < -0.39 is 12.6 Å². The van der Waals surface area contributed by atoms with E-state index in [1.807, 2.05) is 28.8 Å². The van der Waals surface area contributed by atoms with Crippen molar-refractivity contribution >= 4 is 28.3 Å². The molecule has 0 aliphatic heterocycles. The van der Waals surface area contributed by atoms with E-state index >= 15 is 0 Å². The summed E-state index contributed by atoms with van der Waals surface area (Å²) in [5, 5.41) is 13.8. The molecule has 0 atom stereocenters. The van der Waals surface area contributed by atoms with E-state index in [-0.39, 0.29) is 11.3 Å². The van der Waals surface area contributed by atoms with Gasteiger partial charge in [-0.25, -0.2) is 14.3 Å². The Morgan fingerprint density at radius 2 is 2.07 bits per heavy atom. The molecule has 0 saturated heterocycles. The highest BCUT2D eigenvalue weighted by Gasteiger charge is 2.22. The van der Waals surface area contributed by atoms with Crippen LogP contribution in [0.25, 0.3) is 16.6 Å². The summed E-state index contributed by atoms with van der Waals surface area (Å²) in [6.45, 7) is 1.78. The van der Waals surface area contributed by atoms with Crippen LogP contribution in [0.2, 0.25) is 0 Å². The van der Waals surface area contributed by atoms with Crippen molar-refractivity contribution in [1.82, 2.24) is 19.2 Å². The van der Waals surface area contributed by atoms with Crippen LogP contribution in [-0.4, -0.2) is 37.5 Å². The van der Waals surface area contributed by atoms with Crippen LogP contribution in [0.1, 0.15) is 32.8 Å². The molecule has 4 aromatic rings. The van der Waals surface area contributed by atoms with E-state index in [0.717, 1.165) is 10.9 Å². The molecule has 0 aliphatic rings. The fourth-order valence-corrected chi connectivity index (χ4v) is 3.34. The number of hydrogen-bond donors (Lipinski definition) is 0. The molecular formula is C21H17N5O3. The van der Waals surface area contributed by atoms with Gasteiger partial charge in [0.25, 0.3) is 0 Å². The lowest BCUT2D eigenvalue weighted by molar-refractivity contribution is 0.0476. The summed E-state index contributed by atoms with van der Waals surface area (Å²) in [6.07, 6.45) is 5.30. The summed E-state index contributed by atoms with van der Waals surface area (Å²) < 4.78 is 8.65. The highest BCUT2D eigenvalue weighted by atomic mass is 16.5. The van der Waals surface area contributed by atoms with Crippen molar-refractivity contribution in [3.8, 4) is 6.07 Å². The molecule has 4 rings (SSSR count). The molecule has 8 nitrogen and oxygen atoms in total.